The number of aryl methyl sites for hydroxylation is 1. The molecule has 0 N–H and O–H groups in total. The van der Waals surface area contributed by atoms with Gasteiger partial charge in [-0.25, -0.2) is 0 Å². The van der Waals surface area contributed by atoms with Gasteiger partial charge in [0.15, 0.2) is 0 Å². The van der Waals surface area contributed by atoms with Crippen LogP contribution in [0.3, 0.4) is 0 Å². The first kappa shape index (κ1) is 15.6. The average Bonchev–Trinajstić information content (AvgIpc) is 2.43. The van der Waals surface area contributed by atoms with E-state index in [-0.39, 0.29) is 10.6 Å². The largest absolute Gasteiger partial charge is 0.304 e. The lowest BCUT2D eigenvalue weighted by molar-refractivity contribution is -0.384. The van der Waals surface area contributed by atoms with Gasteiger partial charge in [0.25, 0.3) is 5.69 Å². The molecule has 0 radical (unpaired) electrons. The summed E-state index contributed by atoms with van der Waals surface area (Å²) >= 11 is 0. The molecule has 0 spiro atoms. The van der Waals surface area contributed by atoms with Gasteiger partial charge in [-0.2, -0.15) is 0 Å². The van der Waals surface area contributed by atoms with Gasteiger partial charge in [0, 0.05) is 12.1 Å². The molecule has 1 aromatic rings. The molecule has 19 heavy (non-hydrogen) atoms. The van der Waals surface area contributed by atoms with Crippen LogP contribution in [0.25, 0.3) is 0 Å². The fourth-order valence-electron chi connectivity index (χ4n) is 2.10. The Hall–Kier alpha value is -1.42. The molecular formula is C15H24N2O2. The van der Waals surface area contributed by atoms with Gasteiger partial charge >= 0.3 is 0 Å². The monoisotopic (exact) mass is 264 g/mol. The van der Waals surface area contributed by atoms with Crippen molar-refractivity contribution in [2.45, 2.75) is 39.5 Å². The zero-order valence-electron chi connectivity index (χ0n) is 12.0. The SMILES string of the molecule is CCCCN(CC)CCCc1ccc([N+](=O)[O-])cc1. The van der Waals surface area contributed by atoms with Crippen LogP contribution in [0.4, 0.5) is 5.69 Å². The summed E-state index contributed by atoms with van der Waals surface area (Å²) in [5.74, 6) is 0. The lowest BCUT2D eigenvalue weighted by Gasteiger charge is -2.19. The number of rotatable bonds is 9. The summed E-state index contributed by atoms with van der Waals surface area (Å²) in [4.78, 5) is 12.7. The number of benzene rings is 1. The van der Waals surface area contributed by atoms with Gasteiger partial charge in [-0.1, -0.05) is 32.4 Å². The number of hydrogen-bond acceptors (Lipinski definition) is 3. The third kappa shape index (κ3) is 5.83. The van der Waals surface area contributed by atoms with Gasteiger partial charge in [0.1, 0.15) is 0 Å². The number of unbranched alkanes of at least 4 members (excludes halogenated alkanes) is 1. The standard InChI is InChI=1S/C15H24N2O2/c1-3-5-12-16(4-2)13-6-7-14-8-10-15(11-9-14)17(18)19/h8-11H,3-7,12-13H2,1-2H3. The third-order valence-corrected chi connectivity index (χ3v) is 3.36. The van der Waals surface area contributed by atoms with E-state index in [0.29, 0.717) is 0 Å². The molecule has 0 saturated carbocycles. The summed E-state index contributed by atoms with van der Waals surface area (Å²) in [7, 11) is 0. The number of nitrogens with zero attached hydrogens (tertiary/aromatic N) is 2. The molecule has 0 aliphatic rings. The van der Waals surface area contributed by atoms with Gasteiger partial charge in [0.2, 0.25) is 0 Å². The van der Waals surface area contributed by atoms with Gasteiger partial charge in [-0.15, -0.1) is 0 Å². The summed E-state index contributed by atoms with van der Waals surface area (Å²) < 4.78 is 0. The maximum atomic E-state index is 10.6. The lowest BCUT2D eigenvalue weighted by Crippen LogP contribution is -2.25. The predicted octanol–water partition coefficient (Wildman–Crippen LogP) is 3.65. The Morgan fingerprint density at radius 3 is 2.26 bits per heavy atom. The number of nitro groups is 1. The van der Waals surface area contributed by atoms with Crippen LogP contribution in [0.5, 0.6) is 0 Å². The zero-order valence-corrected chi connectivity index (χ0v) is 12.0. The van der Waals surface area contributed by atoms with E-state index in [2.05, 4.69) is 18.7 Å². The second-order valence-electron chi connectivity index (χ2n) is 4.81. The van der Waals surface area contributed by atoms with Crippen molar-refractivity contribution in [1.82, 2.24) is 4.90 Å². The molecule has 0 saturated heterocycles. The van der Waals surface area contributed by atoms with Gasteiger partial charge < -0.3 is 4.90 Å². The molecule has 0 bridgehead atoms. The van der Waals surface area contributed by atoms with E-state index in [9.17, 15) is 10.1 Å². The molecular weight excluding hydrogens is 240 g/mol. The van der Waals surface area contributed by atoms with Crippen LogP contribution in [0.1, 0.15) is 38.7 Å². The Kier molecular flexibility index (Phi) is 7.11. The molecule has 106 valence electrons. The van der Waals surface area contributed by atoms with Gasteiger partial charge in [0.05, 0.1) is 4.92 Å². The first-order chi connectivity index (χ1) is 9.17. The Morgan fingerprint density at radius 1 is 1.11 bits per heavy atom. The Labute approximate surface area is 115 Å². The molecule has 1 rings (SSSR count). The van der Waals surface area contributed by atoms with Crippen molar-refractivity contribution < 1.29 is 4.92 Å². The van der Waals surface area contributed by atoms with Crippen LogP contribution in [0.2, 0.25) is 0 Å². The van der Waals surface area contributed by atoms with Crippen LogP contribution in [0.15, 0.2) is 24.3 Å². The van der Waals surface area contributed by atoms with E-state index in [0.717, 1.165) is 25.9 Å². The van der Waals surface area contributed by atoms with Crippen molar-refractivity contribution >= 4 is 5.69 Å². The van der Waals surface area contributed by atoms with E-state index in [4.69, 9.17) is 0 Å². The molecule has 4 nitrogen and oxygen atoms in total. The summed E-state index contributed by atoms with van der Waals surface area (Å²) in [5.41, 5.74) is 1.35. The molecule has 0 fully saturated rings. The Balaban J connectivity index is 2.33. The minimum absolute atomic E-state index is 0.168. The van der Waals surface area contributed by atoms with E-state index < -0.39 is 0 Å². The van der Waals surface area contributed by atoms with Crippen molar-refractivity contribution in [2.24, 2.45) is 0 Å². The number of nitro benzene ring substituents is 1. The van der Waals surface area contributed by atoms with Gasteiger partial charge in [-0.05, 0) is 44.5 Å². The highest BCUT2D eigenvalue weighted by molar-refractivity contribution is 5.32. The molecule has 0 unspecified atom stereocenters. The molecule has 0 amide bonds. The number of hydrogen-bond donors (Lipinski definition) is 0. The van der Waals surface area contributed by atoms with Gasteiger partial charge in [-0.3, -0.25) is 10.1 Å². The van der Waals surface area contributed by atoms with Crippen LogP contribution >= 0.6 is 0 Å². The predicted molar refractivity (Wildman–Crippen MR) is 78.4 cm³/mol. The van der Waals surface area contributed by atoms with Crippen LogP contribution < -0.4 is 0 Å². The van der Waals surface area contributed by atoms with E-state index in [1.54, 1.807) is 12.1 Å². The molecule has 0 aromatic heterocycles. The highest BCUT2D eigenvalue weighted by Gasteiger charge is 2.05. The van der Waals surface area contributed by atoms with Crippen LogP contribution in [-0.4, -0.2) is 29.5 Å². The second-order valence-corrected chi connectivity index (χ2v) is 4.81. The fraction of sp³-hybridized carbons (Fsp3) is 0.600. The van der Waals surface area contributed by atoms with Crippen LogP contribution in [-0.2, 0) is 6.42 Å². The first-order valence-corrected chi connectivity index (χ1v) is 7.13. The van der Waals surface area contributed by atoms with Crippen molar-refractivity contribution in [2.75, 3.05) is 19.6 Å². The van der Waals surface area contributed by atoms with Crippen molar-refractivity contribution in [3.63, 3.8) is 0 Å². The Morgan fingerprint density at radius 2 is 1.74 bits per heavy atom. The minimum atomic E-state index is -0.354. The maximum Gasteiger partial charge on any atom is 0.269 e. The topological polar surface area (TPSA) is 46.4 Å². The highest BCUT2D eigenvalue weighted by Crippen LogP contribution is 2.13. The molecule has 0 aliphatic heterocycles. The molecule has 0 heterocycles. The van der Waals surface area contributed by atoms with E-state index in [1.165, 1.54) is 24.9 Å². The summed E-state index contributed by atoms with van der Waals surface area (Å²) in [6.45, 7) is 7.78. The maximum absolute atomic E-state index is 10.6. The van der Waals surface area contributed by atoms with Crippen molar-refractivity contribution in [1.29, 1.82) is 0 Å². The van der Waals surface area contributed by atoms with Crippen molar-refractivity contribution in [3.8, 4) is 0 Å². The van der Waals surface area contributed by atoms with Crippen LogP contribution in [0, 0.1) is 10.1 Å². The molecule has 0 aliphatic carbocycles. The lowest BCUT2D eigenvalue weighted by atomic mass is 10.1. The molecule has 1 aromatic carbocycles. The quantitative estimate of drug-likeness (QED) is 0.505. The normalized spacial score (nSPS) is 10.9. The number of non-ortho nitro benzene ring substituents is 1. The second kappa shape index (κ2) is 8.64. The minimum Gasteiger partial charge on any atom is -0.304 e. The first-order valence-electron chi connectivity index (χ1n) is 7.13. The summed E-state index contributed by atoms with van der Waals surface area (Å²) in [6, 6.07) is 6.90. The third-order valence-electron chi connectivity index (χ3n) is 3.36. The molecule has 0 atom stereocenters. The average molecular weight is 264 g/mol. The fourth-order valence-corrected chi connectivity index (χ4v) is 2.10. The van der Waals surface area contributed by atoms with E-state index in [1.807, 2.05) is 12.1 Å². The highest BCUT2D eigenvalue weighted by atomic mass is 16.6. The Bertz CT molecular complexity index is 376. The summed E-state index contributed by atoms with van der Waals surface area (Å²) in [5, 5.41) is 10.6. The zero-order chi connectivity index (χ0) is 14.1. The van der Waals surface area contributed by atoms with E-state index >= 15 is 0 Å². The molecule has 4 heteroatoms. The summed E-state index contributed by atoms with van der Waals surface area (Å²) in [6.07, 6.45) is 4.58. The van der Waals surface area contributed by atoms with Crippen molar-refractivity contribution in [3.05, 3.63) is 39.9 Å². The smallest absolute Gasteiger partial charge is 0.269 e.